The van der Waals surface area contributed by atoms with Gasteiger partial charge in [0.1, 0.15) is 18.0 Å². The largest absolute Gasteiger partial charge is 0.457 e. The zero-order chi connectivity index (χ0) is 36.9. The third-order valence-corrected chi connectivity index (χ3v) is 14.8. The minimum atomic E-state index is -2.30. The average molecular weight is 706 g/mol. The maximum Gasteiger partial charge on any atom is 0.407 e. The molecule has 0 fully saturated rings. The van der Waals surface area contributed by atoms with Crippen LogP contribution in [0.3, 0.4) is 0 Å². The molecular weight excluding hydrogens is 659 g/mol. The van der Waals surface area contributed by atoms with Crippen LogP contribution in [0.5, 0.6) is 5.75 Å². The number of rotatable bonds is 9. The van der Waals surface area contributed by atoms with Gasteiger partial charge < -0.3 is 28.8 Å². The number of pyridine rings is 2. The first-order valence-electron chi connectivity index (χ1n) is 17.1. The number of esters is 3. The summed E-state index contributed by atoms with van der Waals surface area (Å²) in [5, 5.41) is 4.53. The lowest BCUT2D eigenvalue weighted by Crippen LogP contribution is -2.49. The Labute approximate surface area is 292 Å². The van der Waals surface area contributed by atoms with Crippen molar-refractivity contribution in [1.29, 1.82) is 0 Å². The minimum absolute atomic E-state index is 0.0149. The molecule has 268 valence electrons. The summed E-state index contributed by atoms with van der Waals surface area (Å²) in [4.78, 5) is 70.0. The topological polar surface area (TPSA) is 152 Å². The number of carbonyl (C=O) groups excluding carboxylic acids is 4. The van der Waals surface area contributed by atoms with Crippen molar-refractivity contribution in [2.45, 2.75) is 111 Å². The smallest absolute Gasteiger partial charge is 0.407 e. The van der Waals surface area contributed by atoms with Crippen LogP contribution in [0.25, 0.3) is 22.3 Å². The summed E-state index contributed by atoms with van der Waals surface area (Å²) in [6.45, 7) is 19.4. The Balaban J connectivity index is 1.62. The Bertz CT molecular complexity index is 1960. The molecule has 0 aliphatic carbocycles. The second kappa shape index (κ2) is 13.3. The Morgan fingerprint density at radius 1 is 1.10 bits per heavy atom. The van der Waals surface area contributed by atoms with Crippen molar-refractivity contribution >= 4 is 48.2 Å². The van der Waals surface area contributed by atoms with Crippen LogP contribution in [0.1, 0.15) is 84.9 Å². The van der Waals surface area contributed by atoms with Gasteiger partial charge in [-0.3, -0.25) is 14.4 Å². The maximum atomic E-state index is 14.3. The highest BCUT2D eigenvalue weighted by atomic mass is 28.3. The zero-order valence-corrected chi connectivity index (χ0v) is 31.6. The van der Waals surface area contributed by atoms with E-state index < -0.39 is 43.3 Å². The molecule has 3 aromatic rings. The van der Waals surface area contributed by atoms with Crippen LogP contribution in [-0.2, 0) is 47.3 Å². The van der Waals surface area contributed by atoms with Gasteiger partial charge in [-0.05, 0) is 73.7 Å². The van der Waals surface area contributed by atoms with E-state index in [9.17, 15) is 24.0 Å². The Morgan fingerprint density at radius 2 is 1.80 bits per heavy atom. The molecule has 50 heavy (non-hydrogen) atoms. The van der Waals surface area contributed by atoms with Crippen LogP contribution in [0.2, 0.25) is 18.6 Å². The quantitative estimate of drug-likeness (QED) is 0.103. The van der Waals surface area contributed by atoms with Crippen molar-refractivity contribution in [2.75, 3.05) is 6.54 Å². The van der Waals surface area contributed by atoms with Gasteiger partial charge in [0.05, 0.1) is 43.5 Å². The van der Waals surface area contributed by atoms with Crippen molar-refractivity contribution < 1.29 is 38.1 Å². The van der Waals surface area contributed by atoms with E-state index in [-0.39, 0.29) is 49.2 Å². The van der Waals surface area contributed by atoms with Gasteiger partial charge in [-0.2, -0.15) is 0 Å². The first-order valence-corrected chi connectivity index (χ1v) is 20.2. The highest BCUT2D eigenvalue weighted by Gasteiger charge is 2.51. The third kappa shape index (κ3) is 6.67. The van der Waals surface area contributed by atoms with E-state index in [4.69, 9.17) is 23.9 Å². The molecule has 2 aliphatic heterocycles. The summed E-state index contributed by atoms with van der Waals surface area (Å²) in [7, 11) is -2.30. The second-order valence-corrected chi connectivity index (χ2v) is 19.9. The van der Waals surface area contributed by atoms with Crippen LogP contribution >= 0.6 is 0 Å². The molecule has 13 heteroatoms. The standard InChI is InChI=1S/C37H47N3O9Si/c1-11-37(48-30(42)14-15-38-35(45)49-36(6,7)8)27-17-29-31-25(18-40(29)33(43)26(27)19-46-34(37)44)32(50(9,10)21(4)20(2)3)24-16-23(47-22(5)41)12-13-28(24)39-31/h12-13,16-17,20-21H,11,14-15,18-19H2,1-10H3,(H,38,45). The number of ether oxygens (including phenoxy) is 4. The number of cyclic esters (lactones) is 1. The second-order valence-electron chi connectivity index (χ2n) is 15.1. The third-order valence-electron chi connectivity index (χ3n) is 9.96. The number of hydrogen-bond acceptors (Lipinski definition) is 10. The van der Waals surface area contributed by atoms with Crippen molar-refractivity contribution in [1.82, 2.24) is 14.9 Å². The van der Waals surface area contributed by atoms with Gasteiger partial charge in [0.2, 0.25) is 5.60 Å². The predicted octanol–water partition coefficient (Wildman–Crippen LogP) is 5.43. The first-order chi connectivity index (χ1) is 23.3. The van der Waals surface area contributed by atoms with Gasteiger partial charge in [0.15, 0.2) is 0 Å². The molecule has 0 radical (unpaired) electrons. The molecule has 4 heterocycles. The molecule has 2 unspecified atom stereocenters. The zero-order valence-electron chi connectivity index (χ0n) is 30.6. The monoisotopic (exact) mass is 705 g/mol. The molecule has 2 aliphatic rings. The van der Waals surface area contributed by atoms with Crippen LogP contribution in [0, 0.1) is 5.92 Å². The molecule has 0 bridgehead atoms. The van der Waals surface area contributed by atoms with E-state index in [2.05, 4.69) is 39.2 Å². The molecule has 0 saturated carbocycles. The van der Waals surface area contributed by atoms with Crippen molar-refractivity contribution in [3.05, 3.63) is 51.3 Å². The number of nitrogens with one attached hydrogen (secondary N) is 1. The van der Waals surface area contributed by atoms with E-state index in [0.717, 1.165) is 16.1 Å². The number of alkyl carbamates (subject to hydrolysis) is 1. The lowest BCUT2D eigenvalue weighted by atomic mass is 9.85. The molecule has 2 atom stereocenters. The SMILES string of the molecule is CCC1(OC(=O)CCNC(=O)OC(C)(C)C)C(=O)OCc2c1cc1n(c2=O)Cc2c-1nc1ccc(OC(C)=O)cc1c2[Si](C)(C)C(C)C(C)C. The molecule has 1 aromatic carbocycles. The van der Waals surface area contributed by atoms with Crippen LogP contribution in [-0.4, -0.2) is 53.8 Å². The summed E-state index contributed by atoms with van der Waals surface area (Å²) in [5.41, 5.74) is 0.671. The van der Waals surface area contributed by atoms with E-state index >= 15 is 0 Å². The van der Waals surface area contributed by atoms with Crippen LogP contribution < -0.4 is 20.8 Å². The Kier molecular flexibility index (Phi) is 9.78. The summed E-state index contributed by atoms with van der Waals surface area (Å²) in [6.07, 6.45) is -0.909. The number of carbonyl (C=O) groups is 4. The lowest BCUT2D eigenvalue weighted by molar-refractivity contribution is -0.189. The molecular formula is C37H47N3O9Si. The molecule has 1 amide bonds. The molecule has 5 rings (SSSR count). The fraction of sp³-hybridized carbons (Fsp3) is 0.514. The molecule has 1 N–H and O–H groups in total. The van der Waals surface area contributed by atoms with E-state index in [1.807, 2.05) is 12.1 Å². The maximum absolute atomic E-state index is 14.3. The van der Waals surface area contributed by atoms with Gasteiger partial charge in [-0.1, -0.05) is 40.8 Å². The molecule has 0 saturated heterocycles. The predicted molar refractivity (Wildman–Crippen MR) is 190 cm³/mol. The van der Waals surface area contributed by atoms with Gasteiger partial charge in [0.25, 0.3) is 5.56 Å². The highest BCUT2D eigenvalue weighted by Crippen LogP contribution is 2.42. The fourth-order valence-electron chi connectivity index (χ4n) is 7.07. The number of hydrogen-bond donors (Lipinski definition) is 1. The summed E-state index contributed by atoms with van der Waals surface area (Å²) < 4.78 is 23.8. The van der Waals surface area contributed by atoms with Crippen LogP contribution in [0.15, 0.2) is 29.1 Å². The van der Waals surface area contributed by atoms with Crippen LogP contribution in [0.4, 0.5) is 4.79 Å². The van der Waals surface area contributed by atoms with Gasteiger partial charge >= 0.3 is 24.0 Å². The summed E-state index contributed by atoms with van der Waals surface area (Å²) in [5.74, 6) is -1.14. The van der Waals surface area contributed by atoms with Gasteiger partial charge in [-0.25, -0.2) is 14.6 Å². The number of amides is 1. The van der Waals surface area contributed by atoms with Crippen molar-refractivity contribution in [3.8, 4) is 17.1 Å². The number of benzene rings is 1. The van der Waals surface area contributed by atoms with E-state index in [1.165, 1.54) is 6.92 Å². The Hall–Kier alpha value is -4.52. The fourth-order valence-corrected chi connectivity index (χ4v) is 11.1. The highest BCUT2D eigenvalue weighted by molar-refractivity contribution is 6.93. The molecule has 2 aromatic heterocycles. The minimum Gasteiger partial charge on any atom is -0.457 e. The van der Waals surface area contributed by atoms with E-state index in [0.29, 0.717) is 34.1 Å². The summed E-state index contributed by atoms with van der Waals surface area (Å²) >= 11 is 0. The normalized spacial score (nSPS) is 17.4. The number of aromatic nitrogens is 2. The van der Waals surface area contributed by atoms with Gasteiger partial charge in [-0.15, -0.1) is 0 Å². The molecule has 0 spiro atoms. The summed E-state index contributed by atoms with van der Waals surface area (Å²) in [6, 6.07) is 7.14. The number of fused-ring (bicyclic) bond motifs is 5. The van der Waals surface area contributed by atoms with Crippen molar-refractivity contribution in [2.24, 2.45) is 5.92 Å². The average Bonchev–Trinajstić information content (AvgIpc) is 3.37. The first kappa shape index (κ1) is 36.7. The lowest BCUT2D eigenvalue weighted by Gasteiger charge is -2.35. The molecule has 12 nitrogen and oxygen atoms in total. The Morgan fingerprint density at radius 3 is 2.42 bits per heavy atom. The van der Waals surface area contributed by atoms with E-state index in [1.54, 1.807) is 44.4 Å². The number of nitrogens with zero attached hydrogens (tertiary/aromatic N) is 2. The van der Waals surface area contributed by atoms with Crippen molar-refractivity contribution in [3.63, 3.8) is 0 Å². The van der Waals surface area contributed by atoms with Gasteiger partial charge in [0, 0.05) is 24.4 Å².